The van der Waals surface area contributed by atoms with E-state index in [1.54, 1.807) is 0 Å². The molecule has 1 aromatic carbocycles. The Morgan fingerprint density at radius 3 is 2.84 bits per heavy atom. The van der Waals surface area contributed by atoms with Crippen molar-refractivity contribution >= 4 is 5.78 Å². The quantitative estimate of drug-likeness (QED) is 0.828. The molecule has 1 aliphatic rings. The first-order chi connectivity index (χ1) is 9.07. The van der Waals surface area contributed by atoms with Gasteiger partial charge in [0.25, 0.3) is 0 Å². The number of carbonyl (C=O) groups excluding carboxylic acids is 1. The molecule has 19 heavy (non-hydrogen) atoms. The molecule has 0 aromatic heterocycles. The normalized spacial score (nSPS) is 22.7. The Morgan fingerprint density at radius 1 is 1.47 bits per heavy atom. The van der Waals surface area contributed by atoms with Gasteiger partial charge in [-0.25, -0.2) is 0 Å². The lowest BCUT2D eigenvalue weighted by Gasteiger charge is -2.25. The first-order valence-electron chi connectivity index (χ1n) is 7.09. The highest BCUT2D eigenvalue weighted by Crippen LogP contribution is 2.34. The fraction of sp³-hybridized carbons (Fsp3) is 0.562. The largest absolute Gasteiger partial charge is 0.491 e. The molecule has 0 saturated carbocycles. The van der Waals surface area contributed by atoms with Crippen LogP contribution in [0.4, 0.5) is 0 Å². The van der Waals surface area contributed by atoms with Crippen LogP contribution in [0.3, 0.4) is 0 Å². The van der Waals surface area contributed by atoms with Crippen molar-refractivity contribution in [2.24, 2.45) is 5.41 Å². The third-order valence-electron chi connectivity index (χ3n) is 3.87. The highest BCUT2D eigenvalue weighted by molar-refractivity contribution is 6.01. The predicted molar refractivity (Wildman–Crippen MR) is 76.7 cm³/mol. The third kappa shape index (κ3) is 2.98. The van der Waals surface area contributed by atoms with Crippen LogP contribution >= 0.6 is 0 Å². The van der Waals surface area contributed by atoms with Crippen molar-refractivity contribution < 1.29 is 9.53 Å². The minimum Gasteiger partial charge on any atom is -0.491 e. The average molecular weight is 261 g/mol. The summed E-state index contributed by atoms with van der Waals surface area (Å²) in [5.41, 5.74) is 0.542. The van der Waals surface area contributed by atoms with Crippen LogP contribution in [0.2, 0.25) is 0 Å². The Kier molecular flexibility index (Phi) is 4.25. The van der Waals surface area contributed by atoms with E-state index in [0.29, 0.717) is 0 Å². The van der Waals surface area contributed by atoms with Crippen LogP contribution in [0.5, 0.6) is 5.75 Å². The Balaban J connectivity index is 2.23. The molecule has 1 atom stereocenters. The number of Topliss-reactive ketones (excluding diaryl/α,β-unsaturated/α-hetero) is 1. The first-order valence-corrected chi connectivity index (χ1v) is 7.09. The molecule has 1 N–H and O–H groups in total. The predicted octanol–water partition coefficient (Wildman–Crippen LogP) is 3.05. The van der Waals surface area contributed by atoms with Gasteiger partial charge in [-0.05, 0) is 45.4 Å². The molecule has 1 unspecified atom stereocenters. The second-order valence-electron chi connectivity index (χ2n) is 5.58. The van der Waals surface area contributed by atoms with E-state index in [1.807, 2.05) is 38.1 Å². The lowest BCUT2D eigenvalue weighted by atomic mass is 9.77. The Labute approximate surface area is 115 Å². The van der Waals surface area contributed by atoms with Crippen LogP contribution < -0.4 is 10.1 Å². The van der Waals surface area contributed by atoms with E-state index in [-0.39, 0.29) is 17.3 Å². The van der Waals surface area contributed by atoms with Gasteiger partial charge < -0.3 is 10.1 Å². The van der Waals surface area contributed by atoms with E-state index in [1.165, 1.54) is 0 Å². The summed E-state index contributed by atoms with van der Waals surface area (Å²) < 4.78 is 5.67. The Bertz CT molecular complexity index is 448. The van der Waals surface area contributed by atoms with E-state index in [2.05, 4.69) is 12.2 Å². The number of carbonyl (C=O) groups is 1. The maximum atomic E-state index is 12.7. The Morgan fingerprint density at radius 2 is 2.26 bits per heavy atom. The third-order valence-corrected chi connectivity index (χ3v) is 3.87. The lowest BCUT2D eigenvalue weighted by Crippen LogP contribution is -2.32. The van der Waals surface area contributed by atoms with Gasteiger partial charge in [-0.3, -0.25) is 4.79 Å². The summed E-state index contributed by atoms with van der Waals surface area (Å²) in [7, 11) is 0. The van der Waals surface area contributed by atoms with E-state index >= 15 is 0 Å². The van der Waals surface area contributed by atoms with Gasteiger partial charge in [0.15, 0.2) is 5.78 Å². The topological polar surface area (TPSA) is 38.3 Å². The van der Waals surface area contributed by atoms with Crippen molar-refractivity contribution in [1.29, 1.82) is 0 Å². The number of ether oxygens (including phenoxy) is 1. The summed E-state index contributed by atoms with van der Waals surface area (Å²) in [6, 6.07) is 7.57. The molecule has 0 aliphatic carbocycles. The number of benzene rings is 1. The molecular formula is C16H23NO2. The van der Waals surface area contributed by atoms with Crippen LogP contribution in [0.25, 0.3) is 0 Å². The standard InChI is InChI=1S/C16H23NO2/c1-4-16(8-9-17-11-16)15(18)13-6-5-7-14(10-13)19-12(2)3/h5-7,10,12,17H,4,8-9,11H2,1-3H3. The highest BCUT2D eigenvalue weighted by atomic mass is 16.5. The van der Waals surface area contributed by atoms with E-state index in [0.717, 1.165) is 37.2 Å². The van der Waals surface area contributed by atoms with Gasteiger partial charge in [-0.1, -0.05) is 19.1 Å². The number of hydrogen-bond donors (Lipinski definition) is 1. The number of nitrogens with one attached hydrogen (secondary N) is 1. The van der Waals surface area contributed by atoms with Crippen LogP contribution in [0, 0.1) is 5.41 Å². The van der Waals surface area contributed by atoms with Gasteiger partial charge in [-0.15, -0.1) is 0 Å². The molecule has 1 saturated heterocycles. The smallest absolute Gasteiger partial charge is 0.170 e. The van der Waals surface area contributed by atoms with Crippen molar-refractivity contribution in [1.82, 2.24) is 5.32 Å². The molecule has 2 rings (SSSR count). The lowest BCUT2D eigenvalue weighted by molar-refractivity contribution is 0.0810. The molecule has 3 heteroatoms. The molecule has 0 radical (unpaired) electrons. The van der Waals surface area contributed by atoms with Gasteiger partial charge in [0, 0.05) is 17.5 Å². The summed E-state index contributed by atoms with van der Waals surface area (Å²) >= 11 is 0. The maximum Gasteiger partial charge on any atom is 0.170 e. The molecule has 0 amide bonds. The first kappa shape index (κ1) is 14.1. The highest BCUT2D eigenvalue weighted by Gasteiger charge is 2.39. The van der Waals surface area contributed by atoms with Crippen molar-refractivity contribution in [3.8, 4) is 5.75 Å². The fourth-order valence-corrected chi connectivity index (χ4v) is 2.69. The van der Waals surface area contributed by atoms with Crippen LogP contribution in [-0.2, 0) is 0 Å². The second-order valence-corrected chi connectivity index (χ2v) is 5.58. The molecule has 1 aromatic rings. The average Bonchev–Trinajstić information content (AvgIpc) is 2.87. The zero-order valence-electron chi connectivity index (χ0n) is 12.0. The summed E-state index contributed by atoms with van der Waals surface area (Å²) in [5, 5.41) is 3.31. The van der Waals surface area contributed by atoms with Gasteiger partial charge in [0.1, 0.15) is 5.75 Å². The van der Waals surface area contributed by atoms with Gasteiger partial charge >= 0.3 is 0 Å². The number of ketones is 1. The molecule has 0 bridgehead atoms. The SMILES string of the molecule is CCC1(C(=O)c2cccc(OC(C)C)c2)CCNC1. The molecule has 104 valence electrons. The summed E-state index contributed by atoms with van der Waals surface area (Å²) in [6.07, 6.45) is 1.93. The summed E-state index contributed by atoms with van der Waals surface area (Å²) in [4.78, 5) is 12.7. The van der Waals surface area contributed by atoms with E-state index < -0.39 is 0 Å². The van der Waals surface area contributed by atoms with Crippen molar-refractivity contribution in [2.45, 2.75) is 39.7 Å². The molecule has 1 fully saturated rings. The second kappa shape index (κ2) is 5.74. The molecule has 3 nitrogen and oxygen atoms in total. The zero-order valence-corrected chi connectivity index (χ0v) is 12.0. The minimum atomic E-state index is -0.226. The summed E-state index contributed by atoms with van der Waals surface area (Å²) in [6.45, 7) is 7.80. The van der Waals surface area contributed by atoms with Crippen LogP contribution in [0.15, 0.2) is 24.3 Å². The van der Waals surface area contributed by atoms with Crippen LogP contribution in [0.1, 0.15) is 44.0 Å². The zero-order chi connectivity index (χ0) is 13.9. The number of rotatable bonds is 5. The molecule has 1 aliphatic heterocycles. The Hall–Kier alpha value is -1.35. The van der Waals surface area contributed by atoms with Gasteiger partial charge in [-0.2, -0.15) is 0 Å². The van der Waals surface area contributed by atoms with Gasteiger partial charge in [0.2, 0.25) is 0 Å². The van der Waals surface area contributed by atoms with Crippen molar-refractivity contribution in [2.75, 3.05) is 13.1 Å². The molecular weight excluding hydrogens is 238 g/mol. The minimum absolute atomic E-state index is 0.124. The van der Waals surface area contributed by atoms with Crippen LogP contribution in [-0.4, -0.2) is 25.0 Å². The monoisotopic (exact) mass is 261 g/mol. The van der Waals surface area contributed by atoms with E-state index in [4.69, 9.17) is 4.74 Å². The molecule has 1 heterocycles. The summed E-state index contributed by atoms with van der Waals surface area (Å²) in [5.74, 6) is 1.02. The van der Waals surface area contributed by atoms with Crippen molar-refractivity contribution in [3.05, 3.63) is 29.8 Å². The molecule has 0 spiro atoms. The fourth-order valence-electron chi connectivity index (χ4n) is 2.69. The van der Waals surface area contributed by atoms with Gasteiger partial charge in [0.05, 0.1) is 6.10 Å². The number of hydrogen-bond acceptors (Lipinski definition) is 3. The maximum absolute atomic E-state index is 12.7. The van der Waals surface area contributed by atoms with Crippen molar-refractivity contribution in [3.63, 3.8) is 0 Å². The van der Waals surface area contributed by atoms with E-state index in [9.17, 15) is 4.79 Å².